The summed E-state index contributed by atoms with van der Waals surface area (Å²) in [6.07, 6.45) is -0.954. The minimum absolute atomic E-state index is 0.365. The predicted octanol–water partition coefficient (Wildman–Crippen LogP) is -3.63. The van der Waals surface area contributed by atoms with Crippen LogP contribution in [0.15, 0.2) is 0 Å². The first-order valence-corrected chi connectivity index (χ1v) is 7.99. The Hall–Kier alpha value is -0.510. The zero-order valence-corrected chi connectivity index (χ0v) is 12.1. The Labute approximate surface area is 119 Å². The van der Waals surface area contributed by atoms with E-state index in [0.29, 0.717) is 0 Å². The molecule has 0 atom stereocenters. The van der Waals surface area contributed by atoms with Crippen molar-refractivity contribution in [3.8, 4) is 0 Å². The van der Waals surface area contributed by atoms with E-state index in [1.54, 1.807) is 0 Å². The van der Waals surface area contributed by atoms with Gasteiger partial charge in [-0.05, 0) is 0 Å². The molecule has 0 aliphatic heterocycles. The van der Waals surface area contributed by atoms with Crippen LogP contribution in [-0.4, -0.2) is 87.2 Å². The van der Waals surface area contributed by atoms with Gasteiger partial charge in [-0.3, -0.25) is 27.3 Å². The van der Waals surface area contributed by atoms with Crippen LogP contribution in [0.2, 0.25) is 0 Å². The van der Waals surface area contributed by atoms with Crippen molar-refractivity contribution in [3.05, 3.63) is 0 Å². The van der Waals surface area contributed by atoms with Gasteiger partial charge in [0.15, 0.2) is 0 Å². The highest BCUT2D eigenvalue weighted by molar-refractivity contribution is 7.80. The van der Waals surface area contributed by atoms with Crippen molar-refractivity contribution in [2.75, 3.05) is 13.2 Å². The van der Waals surface area contributed by atoms with Crippen LogP contribution in [0, 0.1) is 0 Å². The fraction of sp³-hybridized carbons (Fsp3) is 1.00. The highest BCUT2D eigenvalue weighted by Crippen LogP contribution is 1.71. The Balaban J connectivity index is -0.0000000921. The van der Waals surface area contributed by atoms with E-state index >= 15 is 0 Å². The van der Waals surface area contributed by atoms with Gasteiger partial charge in [-0.1, -0.05) is 0 Å². The van der Waals surface area contributed by atoms with Crippen LogP contribution >= 0.6 is 0 Å². The van der Waals surface area contributed by atoms with Gasteiger partial charge < -0.3 is 15.3 Å². The van der Waals surface area contributed by atoms with Gasteiger partial charge in [0.2, 0.25) is 0 Å². The molecule has 0 aromatic carbocycles. The highest BCUT2D eigenvalue weighted by atomic mass is 32.3. The van der Waals surface area contributed by atoms with Gasteiger partial charge in [-0.25, -0.2) is 0 Å². The molecule has 0 bridgehead atoms. The third kappa shape index (κ3) is 489. The van der Waals surface area contributed by atoms with Crippen molar-refractivity contribution >= 4 is 31.2 Å². The molecule has 0 unspecified atom stereocenters. The molecule has 0 aliphatic rings. The number of rotatable bonds is 2. The third-order valence-corrected chi connectivity index (χ3v) is 0.421. The maximum Gasteiger partial charge on any atom is 0.394 e. The van der Waals surface area contributed by atoms with Crippen LogP contribution < -0.4 is 0 Å². The molecule has 21 heavy (non-hydrogen) atoms. The zero-order chi connectivity index (χ0) is 18.5. The molecule has 0 aromatic rings. The molecule has 0 saturated heterocycles. The molecular weight excluding hydrogens is 372 g/mol. The van der Waals surface area contributed by atoms with Crippen LogP contribution in [0.1, 0.15) is 0 Å². The van der Waals surface area contributed by atoms with E-state index in [2.05, 4.69) is 0 Å². The van der Waals surface area contributed by atoms with Gasteiger partial charge in [0.1, 0.15) is 6.10 Å². The lowest BCUT2D eigenvalue weighted by Crippen LogP contribution is -2.15. The second kappa shape index (κ2) is 13.2. The Bertz CT molecular complexity index is 411. The van der Waals surface area contributed by atoms with Gasteiger partial charge in [0, 0.05) is 0 Å². The van der Waals surface area contributed by atoms with Crippen LogP contribution in [0.3, 0.4) is 0 Å². The van der Waals surface area contributed by atoms with Crippen molar-refractivity contribution in [2.24, 2.45) is 0 Å². The van der Waals surface area contributed by atoms with Gasteiger partial charge in [0.25, 0.3) is 0 Å². The molecule has 0 radical (unpaired) electrons. The summed E-state index contributed by atoms with van der Waals surface area (Å²) in [6.45, 7) is -0.729. The molecule has 0 fully saturated rings. The molecule has 0 saturated carbocycles. The first-order valence-electron chi connectivity index (χ1n) is 3.80. The van der Waals surface area contributed by atoms with E-state index in [-0.39, 0.29) is 13.2 Å². The van der Waals surface area contributed by atoms with E-state index in [9.17, 15) is 0 Å². The van der Waals surface area contributed by atoms with Gasteiger partial charge in [-0.15, -0.1) is 0 Å². The SMILES string of the molecule is O=S(=O)(O)O.O=S(=O)(O)O.O=S(=O)(O)O.OCC(O)CO. The standard InChI is InChI=1S/C3H8O3.3H2O4S/c4-1-3(6)2-5;3*1-5(2,3)4/h3-6H,1-2H2;3*(H2,1,2,3,4). The first-order chi connectivity index (χ1) is 8.81. The summed E-state index contributed by atoms with van der Waals surface area (Å²) in [6, 6.07) is 0. The Morgan fingerprint density at radius 1 is 0.571 bits per heavy atom. The normalized spacial score (nSPS) is 11.1. The molecule has 0 aromatic heterocycles. The Kier molecular flexibility index (Phi) is 18.0. The van der Waals surface area contributed by atoms with Crippen molar-refractivity contribution in [1.82, 2.24) is 0 Å². The average molecular weight is 386 g/mol. The monoisotopic (exact) mass is 386 g/mol. The topological polar surface area (TPSA) is 284 Å². The number of aliphatic hydroxyl groups excluding tert-OH is 3. The molecule has 134 valence electrons. The van der Waals surface area contributed by atoms with E-state index < -0.39 is 37.3 Å². The lowest BCUT2D eigenvalue weighted by Gasteiger charge is -1.96. The second-order valence-corrected chi connectivity index (χ2v) is 5.05. The maximum absolute atomic E-state index is 8.74. The number of hydrogen-bond acceptors (Lipinski definition) is 9. The van der Waals surface area contributed by atoms with Crippen LogP contribution in [0.25, 0.3) is 0 Å². The summed E-state index contributed by atoms with van der Waals surface area (Å²) in [5.41, 5.74) is 0. The molecule has 18 heteroatoms. The first kappa shape index (κ1) is 28.6. The maximum atomic E-state index is 8.74. The molecule has 0 heterocycles. The Morgan fingerprint density at radius 2 is 0.667 bits per heavy atom. The van der Waals surface area contributed by atoms with Gasteiger partial charge in [-0.2, -0.15) is 25.3 Å². The minimum atomic E-state index is -4.67. The number of aliphatic hydroxyl groups is 3. The third-order valence-electron chi connectivity index (χ3n) is 0.421. The predicted molar refractivity (Wildman–Crippen MR) is 62.7 cm³/mol. The second-order valence-electron chi connectivity index (χ2n) is 2.36. The lowest BCUT2D eigenvalue weighted by atomic mass is 10.4. The summed E-state index contributed by atoms with van der Waals surface area (Å²) in [4.78, 5) is 0. The zero-order valence-electron chi connectivity index (χ0n) is 9.69. The molecule has 0 amide bonds. The number of hydrogen-bond donors (Lipinski definition) is 9. The van der Waals surface area contributed by atoms with Crippen LogP contribution in [0.5, 0.6) is 0 Å². The lowest BCUT2D eigenvalue weighted by molar-refractivity contribution is 0.0450. The van der Waals surface area contributed by atoms with E-state index in [0.717, 1.165) is 0 Å². The molecule has 15 nitrogen and oxygen atoms in total. The summed E-state index contributed by atoms with van der Waals surface area (Å²) >= 11 is 0. The largest absolute Gasteiger partial charge is 0.394 e. The fourth-order valence-corrected chi connectivity index (χ4v) is 0.0577. The molecule has 0 aliphatic carbocycles. The highest BCUT2D eigenvalue weighted by Gasteiger charge is 1.93. The van der Waals surface area contributed by atoms with E-state index in [1.165, 1.54) is 0 Å². The van der Waals surface area contributed by atoms with Crippen molar-refractivity contribution in [1.29, 1.82) is 0 Å². The molecule has 9 N–H and O–H groups in total. The van der Waals surface area contributed by atoms with Crippen molar-refractivity contribution < 1.29 is 67.9 Å². The fourth-order valence-electron chi connectivity index (χ4n) is 0.0577. The van der Waals surface area contributed by atoms with Gasteiger partial charge in [0.05, 0.1) is 13.2 Å². The molecular formula is C3H14O15S3. The molecule has 0 spiro atoms. The quantitative estimate of drug-likeness (QED) is 0.207. The summed E-state index contributed by atoms with van der Waals surface area (Å²) < 4.78 is 94.8. The Morgan fingerprint density at radius 3 is 0.667 bits per heavy atom. The average Bonchev–Trinajstić information content (AvgIpc) is 2.08. The smallest absolute Gasteiger partial charge is 0.394 e. The summed E-state index contributed by atoms with van der Waals surface area (Å²) in [5.74, 6) is 0. The van der Waals surface area contributed by atoms with Crippen LogP contribution in [-0.2, 0) is 31.2 Å². The summed E-state index contributed by atoms with van der Waals surface area (Å²) in [5, 5.41) is 24.0. The summed E-state index contributed by atoms with van der Waals surface area (Å²) in [7, 11) is -14.0. The van der Waals surface area contributed by atoms with Crippen molar-refractivity contribution in [3.63, 3.8) is 0 Å². The van der Waals surface area contributed by atoms with Gasteiger partial charge >= 0.3 is 31.2 Å². The minimum Gasteiger partial charge on any atom is -0.394 e. The molecule has 0 rings (SSSR count). The van der Waals surface area contributed by atoms with E-state index in [1.807, 2.05) is 0 Å². The van der Waals surface area contributed by atoms with Crippen molar-refractivity contribution in [2.45, 2.75) is 6.10 Å². The van der Waals surface area contributed by atoms with E-state index in [4.69, 9.17) is 67.9 Å². The van der Waals surface area contributed by atoms with Crippen LogP contribution in [0.4, 0.5) is 0 Å².